The van der Waals surface area contributed by atoms with Gasteiger partial charge in [-0.3, -0.25) is 9.19 Å². The van der Waals surface area contributed by atoms with E-state index in [-0.39, 0.29) is 11.5 Å². The van der Waals surface area contributed by atoms with Gasteiger partial charge < -0.3 is 5.73 Å². The molecule has 0 saturated heterocycles. The van der Waals surface area contributed by atoms with Gasteiger partial charge in [-0.1, -0.05) is 0 Å². The smallest absolute Gasteiger partial charge is 0.156 e. The molecular weight excluding hydrogens is 272 g/mol. The van der Waals surface area contributed by atoms with Crippen LogP contribution in [0.1, 0.15) is 20.8 Å². The molecule has 0 aliphatic rings. The van der Waals surface area contributed by atoms with E-state index in [2.05, 4.69) is 4.98 Å². The SMILES string of the molecule is CC(C)(C)S(=O)(=O)CCS(=O)c1ccncc1N. The third kappa shape index (κ3) is 3.52. The molecule has 0 saturated carbocycles. The summed E-state index contributed by atoms with van der Waals surface area (Å²) in [4.78, 5) is 4.24. The van der Waals surface area contributed by atoms with Gasteiger partial charge in [0.2, 0.25) is 0 Å². The van der Waals surface area contributed by atoms with Gasteiger partial charge in [0.25, 0.3) is 0 Å². The van der Waals surface area contributed by atoms with Crippen molar-refractivity contribution >= 4 is 26.3 Å². The van der Waals surface area contributed by atoms with E-state index in [1.165, 1.54) is 12.4 Å². The first-order chi connectivity index (χ1) is 8.15. The van der Waals surface area contributed by atoms with Crippen molar-refractivity contribution in [2.75, 3.05) is 17.2 Å². The minimum absolute atomic E-state index is 0.0494. The normalized spacial score (nSPS) is 14.4. The highest BCUT2D eigenvalue weighted by Gasteiger charge is 2.29. The van der Waals surface area contributed by atoms with Crippen LogP contribution in [-0.2, 0) is 20.6 Å². The Labute approximate surface area is 110 Å². The van der Waals surface area contributed by atoms with Crippen molar-refractivity contribution in [2.24, 2.45) is 0 Å². The summed E-state index contributed by atoms with van der Waals surface area (Å²) in [7, 11) is -4.68. The van der Waals surface area contributed by atoms with Gasteiger partial charge >= 0.3 is 0 Å². The number of rotatable bonds is 4. The Hall–Kier alpha value is -0.950. The quantitative estimate of drug-likeness (QED) is 0.893. The topological polar surface area (TPSA) is 90.1 Å². The van der Waals surface area contributed by atoms with Crippen LogP contribution in [-0.4, -0.2) is 33.9 Å². The fraction of sp³-hybridized carbons (Fsp3) is 0.545. The molecule has 1 unspecified atom stereocenters. The van der Waals surface area contributed by atoms with Crippen molar-refractivity contribution in [3.8, 4) is 0 Å². The van der Waals surface area contributed by atoms with Gasteiger partial charge in [-0.05, 0) is 26.8 Å². The third-order valence-electron chi connectivity index (χ3n) is 2.53. The number of hydrogen-bond donors (Lipinski definition) is 1. The van der Waals surface area contributed by atoms with Gasteiger partial charge in [-0.25, -0.2) is 8.42 Å². The highest BCUT2D eigenvalue weighted by molar-refractivity contribution is 7.94. The fourth-order valence-corrected chi connectivity index (χ4v) is 4.05. The van der Waals surface area contributed by atoms with E-state index in [1.54, 1.807) is 26.8 Å². The van der Waals surface area contributed by atoms with Crippen LogP contribution in [0.15, 0.2) is 23.4 Å². The second-order valence-electron chi connectivity index (χ2n) is 4.89. The molecule has 102 valence electrons. The van der Waals surface area contributed by atoms with Crippen LogP contribution in [0.3, 0.4) is 0 Å². The van der Waals surface area contributed by atoms with Crippen LogP contribution in [0.25, 0.3) is 0 Å². The van der Waals surface area contributed by atoms with E-state index in [9.17, 15) is 12.6 Å². The Bertz CT molecular complexity index is 548. The molecule has 1 atom stereocenters. The van der Waals surface area contributed by atoms with Crippen LogP contribution < -0.4 is 5.73 Å². The molecular formula is C11H18N2O3S2. The summed E-state index contributed by atoms with van der Waals surface area (Å²) in [6.07, 6.45) is 2.90. The van der Waals surface area contributed by atoms with Crippen LogP contribution in [0.4, 0.5) is 5.69 Å². The predicted molar refractivity (Wildman–Crippen MR) is 73.5 cm³/mol. The molecule has 0 aliphatic carbocycles. The average Bonchev–Trinajstić information content (AvgIpc) is 2.25. The molecule has 1 aromatic rings. The highest BCUT2D eigenvalue weighted by Crippen LogP contribution is 2.18. The van der Waals surface area contributed by atoms with Crippen LogP contribution in [0.5, 0.6) is 0 Å². The first-order valence-electron chi connectivity index (χ1n) is 5.45. The van der Waals surface area contributed by atoms with Crippen molar-refractivity contribution in [1.29, 1.82) is 0 Å². The van der Waals surface area contributed by atoms with Gasteiger partial charge in [-0.15, -0.1) is 0 Å². The minimum atomic E-state index is -3.26. The predicted octanol–water partition coefficient (Wildman–Crippen LogP) is 0.985. The van der Waals surface area contributed by atoms with Crippen molar-refractivity contribution in [2.45, 2.75) is 30.4 Å². The van der Waals surface area contributed by atoms with E-state index in [0.29, 0.717) is 10.6 Å². The van der Waals surface area contributed by atoms with E-state index in [4.69, 9.17) is 5.73 Å². The van der Waals surface area contributed by atoms with Crippen molar-refractivity contribution in [3.05, 3.63) is 18.5 Å². The summed E-state index contributed by atoms with van der Waals surface area (Å²) in [5.74, 6) is -0.0707. The van der Waals surface area contributed by atoms with Gasteiger partial charge in [0.15, 0.2) is 9.84 Å². The zero-order valence-electron chi connectivity index (χ0n) is 10.7. The summed E-state index contributed by atoms with van der Waals surface area (Å²) in [5, 5.41) is 0. The Morgan fingerprint density at radius 2 is 2.00 bits per heavy atom. The zero-order valence-corrected chi connectivity index (χ0v) is 12.3. The molecule has 0 spiro atoms. The molecule has 0 bridgehead atoms. The van der Waals surface area contributed by atoms with Crippen molar-refractivity contribution < 1.29 is 12.6 Å². The van der Waals surface area contributed by atoms with Crippen LogP contribution >= 0.6 is 0 Å². The molecule has 0 aromatic carbocycles. The molecule has 0 fully saturated rings. The number of anilines is 1. The maximum atomic E-state index is 12.0. The number of hydrogen-bond acceptors (Lipinski definition) is 5. The highest BCUT2D eigenvalue weighted by atomic mass is 32.2. The Morgan fingerprint density at radius 1 is 1.39 bits per heavy atom. The van der Waals surface area contributed by atoms with Crippen molar-refractivity contribution in [1.82, 2.24) is 4.98 Å². The zero-order chi connectivity index (χ0) is 14.0. The second kappa shape index (κ2) is 5.36. The molecule has 18 heavy (non-hydrogen) atoms. The molecule has 5 nitrogen and oxygen atoms in total. The molecule has 7 heteroatoms. The molecule has 0 amide bonds. The van der Waals surface area contributed by atoms with E-state index >= 15 is 0 Å². The summed E-state index contributed by atoms with van der Waals surface area (Å²) in [6.45, 7) is 4.89. The number of nitrogens with two attached hydrogens (primary N) is 1. The Kier molecular flexibility index (Phi) is 4.50. The standard InChI is InChI=1S/C11H18N2O3S2/c1-11(2,3)18(15,16)7-6-17(14)10-4-5-13-8-9(10)12/h4-5,8H,6-7,12H2,1-3H3. The summed E-state index contributed by atoms with van der Waals surface area (Å²) in [6, 6.07) is 1.55. The lowest BCUT2D eigenvalue weighted by atomic mass is 10.3. The largest absolute Gasteiger partial charge is 0.396 e. The molecule has 0 radical (unpaired) electrons. The second-order valence-corrected chi connectivity index (χ2v) is 9.30. The van der Waals surface area contributed by atoms with Gasteiger partial charge in [0, 0.05) is 11.9 Å². The lowest BCUT2D eigenvalue weighted by molar-refractivity contribution is 0.561. The van der Waals surface area contributed by atoms with E-state index < -0.39 is 25.4 Å². The maximum absolute atomic E-state index is 12.0. The number of sulfone groups is 1. The van der Waals surface area contributed by atoms with E-state index in [0.717, 1.165) is 0 Å². The van der Waals surface area contributed by atoms with Crippen LogP contribution in [0.2, 0.25) is 0 Å². The average molecular weight is 290 g/mol. The lowest BCUT2D eigenvalue weighted by Crippen LogP contribution is -2.32. The maximum Gasteiger partial charge on any atom is 0.156 e. The number of nitrogens with zero attached hydrogens (tertiary/aromatic N) is 1. The number of aromatic nitrogens is 1. The minimum Gasteiger partial charge on any atom is -0.396 e. The van der Waals surface area contributed by atoms with Crippen LogP contribution in [0, 0.1) is 0 Å². The lowest BCUT2D eigenvalue weighted by Gasteiger charge is -2.18. The van der Waals surface area contributed by atoms with Gasteiger partial charge in [0.1, 0.15) is 0 Å². The third-order valence-corrected chi connectivity index (χ3v) is 6.83. The molecule has 1 heterocycles. The number of pyridine rings is 1. The summed E-state index contributed by atoms with van der Waals surface area (Å²) in [5.41, 5.74) is 5.96. The fourth-order valence-electron chi connectivity index (χ4n) is 1.20. The first kappa shape index (κ1) is 15.1. The van der Waals surface area contributed by atoms with Gasteiger partial charge in [0.05, 0.1) is 38.1 Å². The first-order valence-corrected chi connectivity index (χ1v) is 8.42. The Morgan fingerprint density at radius 3 is 2.50 bits per heavy atom. The Balaban J connectivity index is 2.78. The molecule has 1 rings (SSSR count). The summed E-state index contributed by atoms with van der Waals surface area (Å²) >= 11 is 0. The van der Waals surface area contributed by atoms with Gasteiger partial charge in [-0.2, -0.15) is 0 Å². The van der Waals surface area contributed by atoms with Crippen molar-refractivity contribution in [3.63, 3.8) is 0 Å². The number of nitrogen functional groups attached to an aromatic ring is 1. The molecule has 2 N–H and O–H groups in total. The van der Waals surface area contributed by atoms with E-state index in [1.807, 2.05) is 0 Å². The molecule has 1 aromatic heterocycles. The summed E-state index contributed by atoms with van der Waals surface area (Å²) < 4.78 is 34.9. The molecule has 0 aliphatic heterocycles. The monoisotopic (exact) mass is 290 g/mol.